The first-order chi connectivity index (χ1) is 7.45. The highest BCUT2D eigenvalue weighted by Gasteiger charge is 2.43. The molecule has 0 spiro atoms. The number of nitrogens with two attached hydrogens (primary N) is 1. The summed E-state index contributed by atoms with van der Waals surface area (Å²) in [6, 6.07) is 0. The van der Waals surface area contributed by atoms with Crippen molar-refractivity contribution in [2.24, 2.45) is 21.6 Å². The zero-order valence-electron chi connectivity index (χ0n) is 10.1. The van der Waals surface area contributed by atoms with Crippen LogP contribution in [-0.4, -0.2) is 22.5 Å². The molecule has 0 radical (unpaired) electrons. The van der Waals surface area contributed by atoms with Gasteiger partial charge in [0.15, 0.2) is 0 Å². The van der Waals surface area contributed by atoms with E-state index in [1.165, 1.54) is 6.42 Å². The van der Waals surface area contributed by atoms with Crippen LogP contribution in [0.1, 0.15) is 39.5 Å². The summed E-state index contributed by atoms with van der Waals surface area (Å²) >= 11 is 0. The largest absolute Gasteiger partial charge is 0.330 e. The van der Waals surface area contributed by atoms with Gasteiger partial charge in [-0.25, -0.2) is 4.21 Å². The predicted octanol–water partition coefficient (Wildman–Crippen LogP) is 1.15. The fourth-order valence-electron chi connectivity index (χ4n) is 2.97. The van der Waals surface area contributed by atoms with Crippen LogP contribution in [0.3, 0.4) is 0 Å². The van der Waals surface area contributed by atoms with Gasteiger partial charge in [0.05, 0.1) is 0 Å². The first kappa shape index (κ1) is 12.0. The first-order valence-corrected chi connectivity index (χ1v) is 7.15. The lowest BCUT2D eigenvalue weighted by Crippen LogP contribution is -2.34. The Kier molecular flexibility index (Phi) is 3.09. The van der Waals surface area contributed by atoms with E-state index in [2.05, 4.69) is 23.6 Å². The molecule has 0 aromatic heterocycles. The lowest BCUT2D eigenvalue weighted by atomic mass is 9.79. The van der Waals surface area contributed by atoms with Crippen molar-refractivity contribution in [3.8, 4) is 0 Å². The van der Waals surface area contributed by atoms with E-state index in [0.29, 0.717) is 17.8 Å². The van der Waals surface area contributed by atoms with E-state index in [-0.39, 0.29) is 5.41 Å². The van der Waals surface area contributed by atoms with Crippen molar-refractivity contribution < 1.29 is 4.21 Å². The fraction of sp³-hybridized carbons (Fsp3) is 0.909. The van der Waals surface area contributed by atoms with E-state index in [4.69, 9.17) is 5.73 Å². The van der Waals surface area contributed by atoms with Gasteiger partial charge in [0.1, 0.15) is 22.7 Å². The predicted molar refractivity (Wildman–Crippen MR) is 67.3 cm³/mol. The van der Waals surface area contributed by atoms with Crippen LogP contribution in [0.5, 0.6) is 0 Å². The molecular weight excluding hydrogens is 222 g/mol. The molecule has 2 aliphatic rings. The van der Waals surface area contributed by atoms with Gasteiger partial charge in [-0.2, -0.15) is 0 Å². The van der Waals surface area contributed by atoms with Crippen LogP contribution >= 0.6 is 0 Å². The maximum Gasteiger partial charge on any atom is 0.140 e. The molecule has 0 aromatic rings. The molecule has 1 unspecified atom stereocenters. The Morgan fingerprint density at radius 2 is 2.25 bits per heavy atom. The van der Waals surface area contributed by atoms with Crippen LogP contribution in [0, 0.1) is 10.8 Å². The third-order valence-corrected chi connectivity index (χ3v) is 4.59. The van der Waals surface area contributed by atoms with Crippen molar-refractivity contribution in [1.82, 2.24) is 4.72 Å². The second-order valence-corrected chi connectivity index (χ2v) is 7.06. The van der Waals surface area contributed by atoms with Crippen molar-refractivity contribution in [2.45, 2.75) is 39.5 Å². The molecule has 1 saturated carbocycles. The number of nitrogens with zero attached hydrogens (tertiary/aromatic N) is 1. The number of aliphatic imine (C=N–C) groups is 1. The zero-order chi connectivity index (χ0) is 11.8. The van der Waals surface area contributed by atoms with Gasteiger partial charge in [0, 0.05) is 6.42 Å². The fourth-order valence-corrected chi connectivity index (χ4v) is 3.71. The van der Waals surface area contributed by atoms with Crippen molar-refractivity contribution in [2.75, 3.05) is 12.4 Å². The average molecular weight is 243 g/mol. The molecule has 0 aromatic carbocycles. The normalized spacial score (nSPS) is 37.2. The van der Waals surface area contributed by atoms with Gasteiger partial charge in [-0.05, 0) is 36.6 Å². The third kappa shape index (κ3) is 2.46. The Balaban J connectivity index is 2.04. The summed E-state index contributed by atoms with van der Waals surface area (Å²) in [5.41, 5.74) is 6.50. The molecule has 0 amide bonds. The average Bonchev–Trinajstić information content (AvgIpc) is 2.72. The van der Waals surface area contributed by atoms with E-state index in [1.54, 1.807) is 0 Å². The van der Waals surface area contributed by atoms with Crippen LogP contribution in [0.4, 0.5) is 0 Å². The molecule has 2 atom stereocenters. The zero-order valence-corrected chi connectivity index (χ0v) is 10.9. The highest BCUT2D eigenvalue weighted by atomic mass is 32.2. The first-order valence-electron chi connectivity index (χ1n) is 5.83. The Morgan fingerprint density at radius 1 is 1.50 bits per heavy atom. The third-order valence-electron chi connectivity index (χ3n) is 3.77. The van der Waals surface area contributed by atoms with Gasteiger partial charge in [-0.1, -0.05) is 13.8 Å². The molecule has 1 aliphatic carbocycles. The molecule has 4 nitrogen and oxygen atoms in total. The van der Waals surface area contributed by atoms with Crippen molar-refractivity contribution in [3.05, 3.63) is 0 Å². The van der Waals surface area contributed by atoms with Crippen molar-refractivity contribution in [1.29, 1.82) is 0 Å². The second-order valence-electron chi connectivity index (χ2n) is 5.90. The molecule has 0 saturated heterocycles. The Morgan fingerprint density at radius 3 is 2.69 bits per heavy atom. The van der Waals surface area contributed by atoms with Crippen LogP contribution in [0.15, 0.2) is 4.99 Å². The Hall–Kier alpha value is -0.420. The Bertz CT molecular complexity index is 340. The molecule has 5 heteroatoms. The second kappa shape index (κ2) is 4.11. The summed E-state index contributed by atoms with van der Waals surface area (Å²) in [5.74, 6) is 1.29. The SMILES string of the molecule is CC1(C)CC[C@@](CN)(CC2=NCS(=O)N2)C1. The van der Waals surface area contributed by atoms with Crippen LogP contribution in [0.25, 0.3) is 0 Å². The van der Waals surface area contributed by atoms with Crippen LogP contribution in [-0.2, 0) is 11.0 Å². The van der Waals surface area contributed by atoms with Crippen molar-refractivity contribution in [3.63, 3.8) is 0 Å². The highest BCUT2D eigenvalue weighted by Crippen LogP contribution is 2.50. The molecule has 92 valence electrons. The monoisotopic (exact) mass is 243 g/mol. The summed E-state index contributed by atoms with van der Waals surface area (Å²) in [6.07, 6.45) is 4.38. The minimum Gasteiger partial charge on any atom is -0.330 e. The Labute approximate surface area is 99.7 Å². The quantitative estimate of drug-likeness (QED) is 0.781. The molecule has 1 fully saturated rings. The van der Waals surface area contributed by atoms with Gasteiger partial charge < -0.3 is 5.73 Å². The van der Waals surface area contributed by atoms with E-state index in [9.17, 15) is 4.21 Å². The highest BCUT2D eigenvalue weighted by molar-refractivity contribution is 7.83. The standard InChI is InChI=1S/C11H21N3OS/c1-10(2)3-4-11(6-10,7-12)5-9-13-8-16(15)14-9/h3-8,12H2,1-2H3,(H,13,14)/t11-,16?/m1/s1. The summed E-state index contributed by atoms with van der Waals surface area (Å²) in [7, 11) is -0.987. The lowest BCUT2D eigenvalue weighted by molar-refractivity contribution is 0.270. The summed E-state index contributed by atoms with van der Waals surface area (Å²) in [4.78, 5) is 4.27. The van der Waals surface area contributed by atoms with Crippen LogP contribution < -0.4 is 10.5 Å². The molecule has 16 heavy (non-hydrogen) atoms. The molecule has 3 N–H and O–H groups in total. The van der Waals surface area contributed by atoms with Gasteiger partial charge in [-0.3, -0.25) is 9.71 Å². The number of hydrogen-bond acceptors (Lipinski definition) is 3. The summed E-state index contributed by atoms with van der Waals surface area (Å²) < 4.78 is 14.1. The molecule has 1 aliphatic heterocycles. The molecule has 0 bridgehead atoms. The number of nitrogens with one attached hydrogen (secondary N) is 1. The number of hydrogen-bond donors (Lipinski definition) is 2. The van der Waals surface area contributed by atoms with E-state index in [0.717, 1.165) is 25.1 Å². The molecule has 2 rings (SSSR count). The van der Waals surface area contributed by atoms with Gasteiger partial charge >= 0.3 is 0 Å². The number of rotatable bonds is 3. The van der Waals surface area contributed by atoms with E-state index >= 15 is 0 Å². The van der Waals surface area contributed by atoms with Gasteiger partial charge in [0.2, 0.25) is 0 Å². The van der Waals surface area contributed by atoms with Crippen LogP contribution in [0.2, 0.25) is 0 Å². The molecule has 1 heterocycles. The topological polar surface area (TPSA) is 67.5 Å². The minimum absolute atomic E-state index is 0.171. The van der Waals surface area contributed by atoms with Gasteiger partial charge in [-0.15, -0.1) is 0 Å². The van der Waals surface area contributed by atoms with E-state index in [1.807, 2.05) is 0 Å². The minimum atomic E-state index is -0.987. The summed E-state index contributed by atoms with van der Waals surface area (Å²) in [5, 5.41) is 0. The van der Waals surface area contributed by atoms with Crippen molar-refractivity contribution >= 4 is 16.8 Å². The summed E-state index contributed by atoms with van der Waals surface area (Å²) in [6.45, 7) is 5.29. The molecular formula is C11H21N3OS. The van der Waals surface area contributed by atoms with E-state index < -0.39 is 11.0 Å². The van der Waals surface area contributed by atoms with Gasteiger partial charge in [0.25, 0.3) is 0 Å². The maximum absolute atomic E-state index is 11.2. The smallest absolute Gasteiger partial charge is 0.140 e. The lowest BCUT2D eigenvalue weighted by Gasteiger charge is -2.29. The number of amidine groups is 1. The maximum atomic E-state index is 11.2.